The Morgan fingerprint density at radius 2 is 2.24 bits per heavy atom. The molecule has 2 aromatic heterocycles. The van der Waals surface area contributed by atoms with Crippen molar-refractivity contribution in [2.24, 2.45) is 0 Å². The summed E-state index contributed by atoms with van der Waals surface area (Å²) >= 11 is 4.78. The third kappa shape index (κ3) is 3.83. The summed E-state index contributed by atoms with van der Waals surface area (Å²) in [6.45, 7) is 0.885. The monoisotopic (exact) mass is 287 g/mol. The molecule has 0 unspecified atom stereocenters. The first-order valence-electron chi connectivity index (χ1n) is 5.10. The van der Waals surface area contributed by atoms with Crippen LogP contribution in [0.3, 0.4) is 0 Å². The molecule has 92 valence electrons. The van der Waals surface area contributed by atoms with Crippen LogP contribution in [0.15, 0.2) is 11.6 Å². The molecule has 0 aliphatic carbocycles. The van der Waals surface area contributed by atoms with Gasteiger partial charge in [-0.2, -0.15) is 20.5 Å². The van der Waals surface area contributed by atoms with E-state index in [0.717, 1.165) is 29.7 Å². The van der Waals surface area contributed by atoms with E-state index in [1.54, 1.807) is 11.3 Å². The lowest BCUT2D eigenvalue weighted by molar-refractivity contribution is 1.19. The highest BCUT2D eigenvalue weighted by atomic mass is 32.2. The third-order valence-electron chi connectivity index (χ3n) is 1.97. The van der Waals surface area contributed by atoms with Gasteiger partial charge >= 0.3 is 0 Å². The Bertz CT molecular complexity index is 428. The molecule has 8 heteroatoms. The van der Waals surface area contributed by atoms with Crippen LogP contribution in [-0.4, -0.2) is 33.1 Å². The molecule has 5 nitrogen and oxygen atoms in total. The Hall–Kier alpha value is -0.860. The van der Waals surface area contributed by atoms with Crippen molar-refractivity contribution in [3.63, 3.8) is 0 Å². The molecule has 0 saturated carbocycles. The van der Waals surface area contributed by atoms with Crippen molar-refractivity contribution < 1.29 is 0 Å². The lowest BCUT2D eigenvalue weighted by Gasteiger charge is -2.03. The number of thioether (sulfide) groups is 1. The zero-order valence-corrected chi connectivity index (χ0v) is 11.8. The second kappa shape index (κ2) is 6.77. The van der Waals surface area contributed by atoms with Gasteiger partial charge in [-0.1, -0.05) is 0 Å². The molecule has 2 N–H and O–H groups in total. The summed E-state index contributed by atoms with van der Waals surface area (Å²) in [6.07, 6.45) is 1.85. The standard InChI is InChI=1S/C9H13N5S3/c1-10-8-9(14-17-13-8)12-2-4-15-6-7-11-3-5-16-7/h3,5H,2,4,6H2,1H3,(H,10,13)(H,12,14). The van der Waals surface area contributed by atoms with Crippen molar-refractivity contribution in [1.82, 2.24) is 13.7 Å². The van der Waals surface area contributed by atoms with E-state index in [0.29, 0.717) is 0 Å². The summed E-state index contributed by atoms with van der Waals surface area (Å²) in [5.74, 6) is 3.67. The van der Waals surface area contributed by atoms with Gasteiger partial charge in [-0.05, 0) is 0 Å². The van der Waals surface area contributed by atoms with Crippen LogP contribution in [0.5, 0.6) is 0 Å². The van der Waals surface area contributed by atoms with Crippen LogP contribution in [0.2, 0.25) is 0 Å². The third-order valence-corrected chi connectivity index (χ3v) is 4.43. The van der Waals surface area contributed by atoms with Crippen molar-refractivity contribution in [2.75, 3.05) is 30.0 Å². The van der Waals surface area contributed by atoms with E-state index < -0.39 is 0 Å². The first-order valence-corrected chi connectivity index (χ1v) is 7.87. The summed E-state index contributed by atoms with van der Waals surface area (Å²) in [5, 5.41) is 9.45. The fraction of sp³-hybridized carbons (Fsp3) is 0.444. The Balaban J connectivity index is 1.63. The largest absolute Gasteiger partial charge is 0.369 e. The smallest absolute Gasteiger partial charge is 0.184 e. The lowest BCUT2D eigenvalue weighted by Crippen LogP contribution is -2.06. The highest BCUT2D eigenvalue weighted by Gasteiger charge is 2.04. The van der Waals surface area contributed by atoms with Gasteiger partial charge in [-0.25, -0.2) is 4.98 Å². The van der Waals surface area contributed by atoms with Crippen LogP contribution in [0.25, 0.3) is 0 Å². The molecule has 0 aliphatic rings. The quantitative estimate of drug-likeness (QED) is 0.762. The number of hydrogen-bond donors (Lipinski definition) is 2. The predicted octanol–water partition coefficient (Wildman–Crippen LogP) is 2.38. The molecule has 0 bridgehead atoms. The molecular formula is C9H13N5S3. The molecule has 0 spiro atoms. The Labute approximate surface area is 112 Å². The highest BCUT2D eigenvalue weighted by molar-refractivity contribution is 7.98. The number of nitrogens with zero attached hydrogens (tertiary/aromatic N) is 3. The Kier molecular flexibility index (Phi) is 5.02. The molecule has 2 rings (SSSR count). The van der Waals surface area contributed by atoms with Crippen molar-refractivity contribution in [1.29, 1.82) is 0 Å². The minimum Gasteiger partial charge on any atom is -0.369 e. The van der Waals surface area contributed by atoms with Gasteiger partial charge in [0.1, 0.15) is 5.01 Å². The van der Waals surface area contributed by atoms with Crippen LogP contribution in [0, 0.1) is 0 Å². The highest BCUT2D eigenvalue weighted by Crippen LogP contribution is 2.18. The minimum absolute atomic E-state index is 0.819. The zero-order valence-electron chi connectivity index (χ0n) is 9.34. The number of thiazole rings is 1. The molecule has 17 heavy (non-hydrogen) atoms. The molecule has 0 aromatic carbocycles. The van der Waals surface area contributed by atoms with Crippen LogP contribution in [0.1, 0.15) is 5.01 Å². The maximum Gasteiger partial charge on any atom is 0.184 e. The van der Waals surface area contributed by atoms with Gasteiger partial charge in [0.25, 0.3) is 0 Å². The van der Waals surface area contributed by atoms with Gasteiger partial charge in [0, 0.05) is 36.7 Å². The molecule has 2 heterocycles. The maximum atomic E-state index is 4.24. The van der Waals surface area contributed by atoms with E-state index in [9.17, 15) is 0 Å². The average molecular weight is 287 g/mol. The number of anilines is 2. The fourth-order valence-electron chi connectivity index (χ4n) is 1.19. The summed E-state index contributed by atoms with van der Waals surface area (Å²) in [5.41, 5.74) is 0. The number of nitrogens with one attached hydrogen (secondary N) is 2. The second-order valence-corrected chi connectivity index (χ2v) is 5.73. The molecule has 2 aromatic rings. The summed E-state index contributed by atoms with van der Waals surface area (Å²) in [7, 11) is 1.85. The summed E-state index contributed by atoms with van der Waals surface area (Å²) in [6, 6.07) is 0. The molecular weight excluding hydrogens is 274 g/mol. The van der Waals surface area contributed by atoms with Crippen LogP contribution in [-0.2, 0) is 5.75 Å². The normalized spacial score (nSPS) is 10.4. The van der Waals surface area contributed by atoms with Gasteiger partial charge in [-0.15, -0.1) is 11.3 Å². The van der Waals surface area contributed by atoms with Gasteiger partial charge in [0.15, 0.2) is 11.6 Å². The van der Waals surface area contributed by atoms with Crippen LogP contribution < -0.4 is 10.6 Å². The Morgan fingerprint density at radius 3 is 3.00 bits per heavy atom. The van der Waals surface area contributed by atoms with Gasteiger partial charge < -0.3 is 10.6 Å². The summed E-state index contributed by atoms with van der Waals surface area (Å²) in [4.78, 5) is 4.24. The number of rotatable bonds is 7. The van der Waals surface area contributed by atoms with Gasteiger partial charge in [-0.3, -0.25) is 0 Å². The zero-order chi connectivity index (χ0) is 11.9. The molecule has 0 fully saturated rings. The maximum absolute atomic E-state index is 4.24. The van der Waals surface area contributed by atoms with Crippen molar-refractivity contribution >= 4 is 46.5 Å². The van der Waals surface area contributed by atoms with E-state index in [2.05, 4.69) is 24.4 Å². The van der Waals surface area contributed by atoms with E-state index in [-0.39, 0.29) is 0 Å². The van der Waals surface area contributed by atoms with E-state index in [1.807, 2.05) is 30.4 Å². The first-order chi connectivity index (χ1) is 8.40. The topological polar surface area (TPSA) is 62.7 Å². The minimum atomic E-state index is 0.819. The van der Waals surface area contributed by atoms with Crippen LogP contribution in [0.4, 0.5) is 11.6 Å². The molecule has 0 radical (unpaired) electrons. The first kappa shape index (κ1) is 12.6. The van der Waals surface area contributed by atoms with Crippen molar-refractivity contribution in [3.8, 4) is 0 Å². The number of hydrogen-bond acceptors (Lipinski definition) is 8. The SMILES string of the molecule is CNc1nsnc1NCCSCc1nccs1. The second-order valence-electron chi connectivity index (χ2n) is 3.12. The fourth-order valence-corrected chi connectivity index (χ4v) is 3.29. The predicted molar refractivity (Wildman–Crippen MR) is 76.2 cm³/mol. The van der Waals surface area contributed by atoms with Gasteiger partial charge in [0.05, 0.1) is 11.7 Å². The summed E-state index contributed by atoms with van der Waals surface area (Å²) < 4.78 is 8.29. The lowest BCUT2D eigenvalue weighted by atomic mass is 10.6. The average Bonchev–Trinajstić information content (AvgIpc) is 2.98. The molecule has 0 saturated heterocycles. The van der Waals surface area contributed by atoms with E-state index >= 15 is 0 Å². The van der Waals surface area contributed by atoms with E-state index in [4.69, 9.17) is 0 Å². The van der Waals surface area contributed by atoms with Crippen molar-refractivity contribution in [3.05, 3.63) is 16.6 Å². The Morgan fingerprint density at radius 1 is 1.35 bits per heavy atom. The number of aromatic nitrogens is 3. The molecule has 0 atom stereocenters. The molecule has 0 aliphatic heterocycles. The van der Waals surface area contributed by atoms with Gasteiger partial charge in [0.2, 0.25) is 0 Å². The van der Waals surface area contributed by atoms with Crippen LogP contribution >= 0.6 is 34.8 Å². The van der Waals surface area contributed by atoms with Crippen molar-refractivity contribution in [2.45, 2.75) is 5.75 Å². The van der Waals surface area contributed by atoms with E-state index in [1.165, 1.54) is 16.7 Å². The molecule has 0 amide bonds.